The topological polar surface area (TPSA) is 87.3 Å². The number of hydrogen-bond acceptors (Lipinski definition) is 7. The van der Waals surface area contributed by atoms with E-state index in [-0.39, 0.29) is 0 Å². The maximum Gasteiger partial charge on any atom is 0.214 e. The van der Waals surface area contributed by atoms with Crippen molar-refractivity contribution in [3.8, 4) is 11.4 Å². The van der Waals surface area contributed by atoms with Crippen LogP contribution in [-0.2, 0) is 0 Å². The van der Waals surface area contributed by atoms with E-state index in [9.17, 15) is 5.11 Å². The van der Waals surface area contributed by atoms with E-state index in [0.717, 1.165) is 5.56 Å². The van der Waals surface area contributed by atoms with Crippen LogP contribution in [-0.4, -0.2) is 58.4 Å². The van der Waals surface area contributed by atoms with Crippen LogP contribution in [0.5, 0.6) is 0 Å². The standard InChI is InChI=1S/C12H17N5O2/c1-17(2)7-9(18)6-14-11-10(4-3-5-13-11)12-15-8-19-16-12/h3-5,8-9,18H,6-7H2,1-2H3,(H,13,14)/t9-/m0/s1. The summed E-state index contributed by atoms with van der Waals surface area (Å²) in [5.74, 6) is 1.10. The van der Waals surface area contributed by atoms with Crippen molar-refractivity contribution in [2.75, 3.05) is 32.5 Å². The molecule has 2 aromatic heterocycles. The predicted octanol–water partition coefficient (Wildman–Crippen LogP) is 0.466. The zero-order chi connectivity index (χ0) is 13.7. The molecule has 1 atom stereocenters. The van der Waals surface area contributed by atoms with Gasteiger partial charge in [-0.05, 0) is 26.2 Å². The summed E-state index contributed by atoms with van der Waals surface area (Å²) in [5.41, 5.74) is 0.744. The maximum atomic E-state index is 9.82. The molecule has 7 heteroatoms. The zero-order valence-corrected chi connectivity index (χ0v) is 10.9. The quantitative estimate of drug-likeness (QED) is 0.783. The number of aliphatic hydroxyl groups excluding tert-OH is 1. The number of pyridine rings is 1. The SMILES string of the molecule is CN(C)C[C@@H](O)CNc1ncccc1-c1ncon1. The number of hydrogen-bond donors (Lipinski definition) is 2. The second-order valence-corrected chi connectivity index (χ2v) is 4.45. The highest BCUT2D eigenvalue weighted by molar-refractivity contribution is 5.69. The molecule has 0 aliphatic carbocycles. The van der Waals surface area contributed by atoms with Crippen molar-refractivity contribution in [2.45, 2.75) is 6.10 Å². The van der Waals surface area contributed by atoms with Crippen LogP contribution in [0.1, 0.15) is 0 Å². The highest BCUT2D eigenvalue weighted by Crippen LogP contribution is 2.21. The van der Waals surface area contributed by atoms with E-state index in [0.29, 0.717) is 24.7 Å². The molecule has 19 heavy (non-hydrogen) atoms. The molecule has 2 N–H and O–H groups in total. The highest BCUT2D eigenvalue weighted by Gasteiger charge is 2.12. The Morgan fingerprint density at radius 3 is 2.95 bits per heavy atom. The second kappa shape index (κ2) is 6.26. The van der Waals surface area contributed by atoms with E-state index in [1.807, 2.05) is 25.1 Å². The molecule has 0 saturated carbocycles. The fourth-order valence-corrected chi connectivity index (χ4v) is 1.72. The summed E-state index contributed by atoms with van der Waals surface area (Å²) in [4.78, 5) is 10.1. The van der Waals surface area contributed by atoms with Gasteiger partial charge in [-0.2, -0.15) is 4.98 Å². The molecule has 2 rings (SSSR count). The van der Waals surface area contributed by atoms with E-state index in [1.165, 1.54) is 6.39 Å². The first-order valence-electron chi connectivity index (χ1n) is 5.95. The summed E-state index contributed by atoms with van der Waals surface area (Å²) in [6, 6.07) is 3.64. The smallest absolute Gasteiger partial charge is 0.214 e. The molecule has 0 bridgehead atoms. The third-order valence-corrected chi connectivity index (χ3v) is 2.49. The first kappa shape index (κ1) is 13.4. The number of rotatable bonds is 6. The Morgan fingerprint density at radius 1 is 1.42 bits per heavy atom. The lowest BCUT2D eigenvalue weighted by molar-refractivity contribution is 0.148. The molecule has 0 aliphatic rings. The lowest BCUT2D eigenvalue weighted by atomic mass is 10.2. The third-order valence-electron chi connectivity index (χ3n) is 2.49. The number of nitrogens with one attached hydrogen (secondary N) is 1. The number of anilines is 1. The molecule has 0 fully saturated rings. The van der Waals surface area contributed by atoms with Crippen molar-refractivity contribution in [2.24, 2.45) is 0 Å². The first-order chi connectivity index (χ1) is 9.16. The van der Waals surface area contributed by atoms with Crippen LogP contribution < -0.4 is 5.32 Å². The summed E-state index contributed by atoms with van der Waals surface area (Å²) in [6.45, 7) is 0.984. The molecule has 102 valence electrons. The molecular weight excluding hydrogens is 246 g/mol. The summed E-state index contributed by atoms with van der Waals surface area (Å²) >= 11 is 0. The number of aliphatic hydroxyl groups is 1. The second-order valence-electron chi connectivity index (χ2n) is 4.45. The van der Waals surface area contributed by atoms with Crippen LogP contribution in [0.4, 0.5) is 5.82 Å². The fraction of sp³-hybridized carbons (Fsp3) is 0.417. The lowest BCUT2D eigenvalue weighted by Gasteiger charge is -2.17. The lowest BCUT2D eigenvalue weighted by Crippen LogP contribution is -2.31. The number of nitrogens with zero attached hydrogens (tertiary/aromatic N) is 4. The van der Waals surface area contributed by atoms with Crippen LogP contribution in [0.3, 0.4) is 0 Å². The molecule has 0 radical (unpaired) electrons. The van der Waals surface area contributed by atoms with Crippen molar-refractivity contribution in [1.82, 2.24) is 20.0 Å². The molecule has 0 amide bonds. The maximum absolute atomic E-state index is 9.82. The molecule has 7 nitrogen and oxygen atoms in total. The van der Waals surface area contributed by atoms with Gasteiger partial charge in [0.05, 0.1) is 11.7 Å². The molecule has 0 spiro atoms. The molecule has 2 aromatic rings. The largest absolute Gasteiger partial charge is 0.390 e. The Labute approximate surface area is 111 Å². The summed E-state index contributed by atoms with van der Waals surface area (Å²) in [6.07, 6.45) is 2.46. The predicted molar refractivity (Wildman–Crippen MR) is 70.6 cm³/mol. The van der Waals surface area contributed by atoms with Crippen LogP contribution in [0.15, 0.2) is 29.2 Å². The summed E-state index contributed by atoms with van der Waals surface area (Å²) < 4.78 is 4.73. The Hall–Kier alpha value is -1.99. The Morgan fingerprint density at radius 2 is 2.26 bits per heavy atom. The van der Waals surface area contributed by atoms with Crippen molar-refractivity contribution < 1.29 is 9.63 Å². The van der Waals surface area contributed by atoms with Gasteiger partial charge in [-0.1, -0.05) is 5.16 Å². The van der Waals surface area contributed by atoms with Crippen molar-refractivity contribution in [3.05, 3.63) is 24.7 Å². The van der Waals surface area contributed by atoms with Crippen molar-refractivity contribution in [1.29, 1.82) is 0 Å². The Bertz CT molecular complexity index is 501. The van der Waals surface area contributed by atoms with Crippen molar-refractivity contribution in [3.63, 3.8) is 0 Å². The summed E-state index contributed by atoms with van der Waals surface area (Å²) in [5, 5.41) is 16.7. The fourth-order valence-electron chi connectivity index (χ4n) is 1.72. The van der Waals surface area contributed by atoms with E-state index in [2.05, 4.69) is 20.4 Å². The van der Waals surface area contributed by atoms with Gasteiger partial charge >= 0.3 is 0 Å². The van der Waals surface area contributed by atoms with Gasteiger partial charge in [-0.3, -0.25) is 0 Å². The van der Waals surface area contributed by atoms with Crippen LogP contribution in [0.2, 0.25) is 0 Å². The minimum absolute atomic E-state index is 0.403. The number of likely N-dealkylation sites (N-methyl/N-ethyl adjacent to an activating group) is 1. The minimum Gasteiger partial charge on any atom is -0.390 e. The van der Waals surface area contributed by atoms with E-state index in [4.69, 9.17) is 4.52 Å². The van der Waals surface area contributed by atoms with Gasteiger partial charge in [-0.25, -0.2) is 4.98 Å². The van der Waals surface area contributed by atoms with Gasteiger partial charge < -0.3 is 19.8 Å². The van der Waals surface area contributed by atoms with E-state index in [1.54, 1.807) is 12.3 Å². The van der Waals surface area contributed by atoms with Gasteiger partial charge in [0.15, 0.2) is 0 Å². The van der Waals surface area contributed by atoms with Gasteiger partial charge in [0, 0.05) is 19.3 Å². The van der Waals surface area contributed by atoms with E-state index >= 15 is 0 Å². The summed E-state index contributed by atoms with van der Waals surface area (Å²) in [7, 11) is 3.82. The van der Waals surface area contributed by atoms with Crippen LogP contribution in [0.25, 0.3) is 11.4 Å². The van der Waals surface area contributed by atoms with E-state index < -0.39 is 6.10 Å². The average Bonchev–Trinajstić information content (AvgIpc) is 2.89. The van der Waals surface area contributed by atoms with Gasteiger partial charge in [0.1, 0.15) is 5.82 Å². The highest BCUT2D eigenvalue weighted by atomic mass is 16.5. The molecular formula is C12H17N5O2. The third kappa shape index (κ3) is 3.73. The average molecular weight is 263 g/mol. The number of aromatic nitrogens is 3. The molecule has 0 aliphatic heterocycles. The molecule has 0 aromatic carbocycles. The first-order valence-corrected chi connectivity index (χ1v) is 5.95. The molecule has 0 unspecified atom stereocenters. The zero-order valence-electron chi connectivity index (χ0n) is 10.9. The molecule has 2 heterocycles. The monoisotopic (exact) mass is 263 g/mol. The Kier molecular flexibility index (Phi) is 4.43. The Balaban J connectivity index is 2.05. The van der Waals surface area contributed by atoms with Gasteiger partial charge in [0.25, 0.3) is 0 Å². The van der Waals surface area contributed by atoms with Crippen LogP contribution >= 0.6 is 0 Å². The van der Waals surface area contributed by atoms with Gasteiger partial charge in [0.2, 0.25) is 12.2 Å². The minimum atomic E-state index is -0.477. The van der Waals surface area contributed by atoms with Crippen LogP contribution in [0, 0.1) is 0 Å². The molecule has 0 saturated heterocycles. The normalized spacial score (nSPS) is 12.6. The van der Waals surface area contributed by atoms with Gasteiger partial charge in [-0.15, -0.1) is 0 Å². The van der Waals surface area contributed by atoms with Crippen molar-refractivity contribution >= 4 is 5.82 Å².